The van der Waals surface area contributed by atoms with Crippen LogP contribution >= 0.6 is 0 Å². The molecule has 4 N–H and O–H groups in total. The normalized spacial score (nSPS) is 24.8. The van der Waals surface area contributed by atoms with Crippen LogP contribution < -0.4 is 28.9 Å². The van der Waals surface area contributed by atoms with E-state index in [1.54, 1.807) is 24.3 Å². The van der Waals surface area contributed by atoms with Gasteiger partial charge in [-0.1, -0.05) is 6.07 Å². The quantitative estimate of drug-likeness (QED) is 0.314. The number of nitrogens with zero attached hydrogens (tertiary/aromatic N) is 1. The summed E-state index contributed by atoms with van der Waals surface area (Å²) in [5.74, 6) is -0.375. The fraction of sp³-hybridized carbons (Fsp3) is 0.409. The van der Waals surface area contributed by atoms with Crippen LogP contribution in [-0.4, -0.2) is 64.4 Å². The van der Waals surface area contributed by atoms with Crippen molar-refractivity contribution in [2.45, 2.75) is 36.7 Å². The molecule has 0 unspecified atom stereocenters. The zero-order valence-electron chi connectivity index (χ0n) is 18.2. The average molecular weight is 462 g/mol. The molecule has 178 valence electrons. The van der Waals surface area contributed by atoms with E-state index in [0.29, 0.717) is 5.56 Å². The molecule has 33 heavy (non-hydrogen) atoms. The summed E-state index contributed by atoms with van der Waals surface area (Å²) in [7, 11) is 0. The van der Waals surface area contributed by atoms with Gasteiger partial charge in [0.1, 0.15) is 30.1 Å². The van der Waals surface area contributed by atoms with Gasteiger partial charge in [-0.05, 0) is 6.07 Å². The monoisotopic (exact) mass is 462 g/mol. The molecular weight excluding hydrogens is 436 g/mol. The maximum absolute atomic E-state index is 12.9. The smallest absolute Gasteiger partial charge is 0.468 e. The van der Waals surface area contributed by atoms with Crippen LogP contribution in [-0.2, 0) is 10.9 Å². The molecule has 1 aromatic carbocycles. The number of pyridine rings is 1. The topological polar surface area (TPSA) is 104 Å². The van der Waals surface area contributed by atoms with Gasteiger partial charge < -0.3 is 44.0 Å². The molecule has 11 heteroatoms. The van der Waals surface area contributed by atoms with Crippen LogP contribution in [0.15, 0.2) is 42.5 Å². The van der Waals surface area contributed by atoms with E-state index in [1.165, 1.54) is 6.07 Å². The summed E-state index contributed by atoms with van der Waals surface area (Å²) in [4.78, 5) is 3.41. The Labute approximate surface area is 203 Å². The van der Waals surface area contributed by atoms with Crippen molar-refractivity contribution in [1.29, 1.82) is 0 Å². The van der Waals surface area contributed by atoms with Crippen molar-refractivity contribution >= 4 is 0 Å². The zero-order valence-corrected chi connectivity index (χ0v) is 18.2. The Morgan fingerprint density at radius 1 is 1.09 bits per heavy atom. The van der Waals surface area contributed by atoms with Crippen LogP contribution in [0.5, 0.6) is 5.88 Å². The van der Waals surface area contributed by atoms with E-state index in [4.69, 9.17) is 9.47 Å². The summed E-state index contributed by atoms with van der Waals surface area (Å²) < 4.78 is 49.7. The van der Waals surface area contributed by atoms with E-state index < -0.39 is 49.0 Å². The van der Waals surface area contributed by atoms with Crippen LogP contribution in [0.2, 0.25) is 0 Å². The second-order valence-electron chi connectivity index (χ2n) is 6.78. The fourth-order valence-corrected chi connectivity index (χ4v) is 2.98. The number of halogens is 3. The van der Waals surface area contributed by atoms with Gasteiger partial charge in [-0.3, -0.25) is 0 Å². The molecule has 7 nitrogen and oxygen atoms in total. The Morgan fingerprint density at radius 3 is 2.24 bits per heavy atom. The number of aliphatic hydroxyl groups excluding tert-OH is 3. The molecule has 1 aliphatic heterocycles. The van der Waals surface area contributed by atoms with Crippen molar-refractivity contribution < 1.29 is 56.8 Å². The Kier molecular flexibility index (Phi) is 12.4. The minimum Gasteiger partial charge on any atom is -0.468 e. The minimum atomic E-state index is -4.66. The van der Waals surface area contributed by atoms with Gasteiger partial charge in [-0.2, -0.15) is 43.5 Å². The maximum Gasteiger partial charge on any atom is 1.00 e. The van der Waals surface area contributed by atoms with Crippen molar-refractivity contribution in [2.24, 2.45) is 0 Å². The molecule has 0 bridgehead atoms. The first kappa shape index (κ1) is 29.4. The number of hydrogen-bond donors (Lipinski definition) is 4. The molecule has 0 radical (unpaired) electrons. The fourth-order valence-electron chi connectivity index (χ4n) is 2.98. The molecule has 2 aromatic rings. The van der Waals surface area contributed by atoms with Gasteiger partial charge in [0, 0.05) is 6.07 Å². The standard InChI is InChI=1S/C18H17F3NO5.C4H9N.Li/c19-18(20,21)12-7-4-8-13(22-12)27-17-15(25)14(24)11(9-23)26-16(17)10-5-2-1-3-6-10;1-3-5-4-2;/h2-8,11,14-17,23-25H,9H2;5H,1-4H2;/q-1;-2;+1/t11-,14+,15+,16-,17-;;/m1../s1. The van der Waals surface area contributed by atoms with Crippen molar-refractivity contribution in [3.05, 3.63) is 73.6 Å². The second kappa shape index (κ2) is 13.9. The molecule has 0 saturated carbocycles. The predicted molar refractivity (Wildman–Crippen MR) is 109 cm³/mol. The number of hydrogen-bond acceptors (Lipinski definition) is 7. The van der Waals surface area contributed by atoms with E-state index in [-0.39, 0.29) is 24.7 Å². The molecule has 1 aliphatic rings. The number of ether oxygens (including phenoxy) is 2. The van der Waals surface area contributed by atoms with Crippen LogP contribution in [0, 0.1) is 19.9 Å². The first-order chi connectivity index (χ1) is 15.2. The first-order valence-corrected chi connectivity index (χ1v) is 9.81. The van der Waals surface area contributed by atoms with Gasteiger partial charge in [0.15, 0.2) is 6.10 Å². The second-order valence-corrected chi connectivity index (χ2v) is 6.78. The molecule has 2 heterocycles. The maximum atomic E-state index is 12.9. The molecule has 0 aliphatic carbocycles. The van der Waals surface area contributed by atoms with Crippen LogP contribution in [0.3, 0.4) is 0 Å². The van der Waals surface area contributed by atoms with Crippen molar-refractivity contribution in [3.63, 3.8) is 0 Å². The molecule has 3 rings (SSSR count). The van der Waals surface area contributed by atoms with E-state index in [9.17, 15) is 28.5 Å². The number of benzene rings is 1. The number of alkyl halides is 3. The van der Waals surface area contributed by atoms with Gasteiger partial charge in [-0.15, -0.1) is 18.7 Å². The first-order valence-electron chi connectivity index (χ1n) is 9.81. The minimum absolute atomic E-state index is 0. The largest absolute Gasteiger partial charge is 1.00 e. The summed E-state index contributed by atoms with van der Waals surface area (Å²) >= 11 is 0. The summed E-state index contributed by atoms with van der Waals surface area (Å²) in [5, 5.41) is 32.8. The third kappa shape index (κ3) is 8.26. The summed E-state index contributed by atoms with van der Waals surface area (Å²) in [5.41, 5.74) is -0.610. The summed E-state index contributed by atoms with van der Waals surface area (Å²) in [6.45, 7) is 8.06. The molecule has 1 fully saturated rings. The Bertz CT molecular complexity index is 814. The number of nitrogens with one attached hydrogen (secondary N) is 1. The third-order valence-electron chi connectivity index (χ3n) is 4.56. The zero-order chi connectivity index (χ0) is 23.7. The summed E-state index contributed by atoms with van der Waals surface area (Å²) in [6.07, 6.45) is -11.0. The SMILES string of the molecule is OC[C@H]1O[C@H](c2cc[c-]cc2)[C@H](Oc2cccc(C(F)(F)F)n2)[C@@H](O)[C@H]1O.[CH2-]CNC[CH2-].[Li+]. The molecular formula is C22H26F3LiN2O5-2. The Balaban J connectivity index is 0.000000821. The van der Waals surface area contributed by atoms with Gasteiger partial charge in [0.05, 0.1) is 6.61 Å². The van der Waals surface area contributed by atoms with E-state index in [0.717, 1.165) is 25.2 Å². The van der Waals surface area contributed by atoms with Gasteiger partial charge in [0.2, 0.25) is 5.88 Å². The number of aliphatic hydroxyl groups is 3. The van der Waals surface area contributed by atoms with Crippen LogP contribution in [0.1, 0.15) is 17.4 Å². The Hall–Kier alpha value is -1.64. The molecule has 5 atom stereocenters. The van der Waals surface area contributed by atoms with Gasteiger partial charge in [-0.25, -0.2) is 4.98 Å². The van der Waals surface area contributed by atoms with E-state index in [2.05, 4.69) is 30.2 Å². The van der Waals surface area contributed by atoms with Crippen molar-refractivity contribution in [3.8, 4) is 5.88 Å². The number of rotatable bonds is 6. The van der Waals surface area contributed by atoms with Crippen molar-refractivity contribution in [2.75, 3.05) is 19.7 Å². The third-order valence-corrected chi connectivity index (χ3v) is 4.56. The van der Waals surface area contributed by atoms with Crippen LogP contribution in [0.25, 0.3) is 0 Å². The van der Waals surface area contributed by atoms with Gasteiger partial charge >= 0.3 is 25.0 Å². The van der Waals surface area contributed by atoms with Crippen LogP contribution in [0.4, 0.5) is 13.2 Å². The molecule has 1 saturated heterocycles. The van der Waals surface area contributed by atoms with E-state index >= 15 is 0 Å². The van der Waals surface area contributed by atoms with E-state index in [1.807, 2.05) is 0 Å². The average Bonchev–Trinajstić information content (AvgIpc) is 2.78. The molecule has 0 amide bonds. The Morgan fingerprint density at radius 2 is 1.73 bits per heavy atom. The molecule has 0 spiro atoms. The van der Waals surface area contributed by atoms with Crippen molar-refractivity contribution in [1.82, 2.24) is 10.3 Å². The predicted octanol–water partition coefficient (Wildman–Crippen LogP) is -1.25. The van der Waals surface area contributed by atoms with Gasteiger partial charge in [0.25, 0.3) is 0 Å². The number of aromatic nitrogens is 1. The molecule has 1 aromatic heterocycles. The summed E-state index contributed by atoms with van der Waals surface area (Å²) in [6, 6.07) is 12.4.